The van der Waals surface area contributed by atoms with Crippen LogP contribution in [0.2, 0.25) is 0 Å². The van der Waals surface area contributed by atoms with Gasteiger partial charge in [0, 0.05) is 11.6 Å². The highest BCUT2D eigenvalue weighted by Gasteiger charge is 2.05. The van der Waals surface area contributed by atoms with Crippen LogP contribution in [0.5, 0.6) is 0 Å². The van der Waals surface area contributed by atoms with Crippen LogP contribution in [0, 0.1) is 0 Å². The summed E-state index contributed by atoms with van der Waals surface area (Å²) in [5.74, 6) is -0.845. The number of carbonyl (C=O) groups is 2. The standard InChI is InChI=1S/C15H13NO3/c1-19-15(18)9-14(17)7-6-13-8-11-4-2-3-5-12(11)10-16-13/h2-8,10H,9H2,1H3. The molecule has 4 heteroatoms. The fourth-order valence-electron chi connectivity index (χ4n) is 1.64. The van der Waals surface area contributed by atoms with E-state index in [1.54, 1.807) is 12.3 Å². The predicted octanol–water partition coefficient (Wildman–Crippen LogP) is 2.38. The Balaban J connectivity index is 2.12. The first-order chi connectivity index (χ1) is 9.19. The fourth-order valence-corrected chi connectivity index (χ4v) is 1.64. The molecular formula is C15H13NO3. The van der Waals surface area contributed by atoms with Gasteiger partial charge in [0.15, 0.2) is 5.78 Å². The lowest BCUT2D eigenvalue weighted by atomic mass is 10.1. The molecule has 1 aromatic carbocycles. The van der Waals surface area contributed by atoms with Gasteiger partial charge in [-0.25, -0.2) is 0 Å². The molecule has 0 saturated heterocycles. The molecular weight excluding hydrogens is 242 g/mol. The van der Waals surface area contributed by atoms with Crippen LogP contribution in [0.15, 0.2) is 42.6 Å². The second-order valence-corrected chi connectivity index (χ2v) is 4.01. The van der Waals surface area contributed by atoms with Gasteiger partial charge in [-0.05, 0) is 23.6 Å². The number of nitrogens with zero attached hydrogens (tertiary/aromatic N) is 1. The minimum Gasteiger partial charge on any atom is -0.469 e. The van der Waals surface area contributed by atoms with Crippen molar-refractivity contribution < 1.29 is 14.3 Å². The number of ether oxygens (including phenoxy) is 1. The van der Waals surface area contributed by atoms with E-state index in [1.165, 1.54) is 13.2 Å². The third-order valence-corrected chi connectivity index (χ3v) is 2.64. The Morgan fingerprint density at radius 2 is 2.00 bits per heavy atom. The van der Waals surface area contributed by atoms with E-state index in [2.05, 4.69) is 9.72 Å². The second-order valence-electron chi connectivity index (χ2n) is 4.01. The van der Waals surface area contributed by atoms with Gasteiger partial charge in [0.1, 0.15) is 6.42 Å². The third-order valence-electron chi connectivity index (χ3n) is 2.64. The molecule has 0 spiro atoms. The highest BCUT2D eigenvalue weighted by molar-refractivity contribution is 6.03. The van der Waals surface area contributed by atoms with E-state index >= 15 is 0 Å². The maximum absolute atomic E-state index is 11.4. The summed E-state index contributed by atoms with van der Waals surface area (Å²) in [6, 6.07) is 9.72. The molecule has 2 aromatic rings. The lowest BCUT2D eigenvalue weighted by Gasteiger charge is -1.98. The van der Waals surface area contributed by atoms with Crippen molar-refractivity contribution in [1.82, 2.24) is 4.98 Å². The fraction of sp³-hybridized carbons (Fsp3) is 0.133. The van der Waals surface area contributed by atoms with Gasteiger partial charge < -0.3 is 4.74 Å². The molecule has 4 nitrogen and oxygen atoms in total. The van der Waals surface area contributed by atoms with Crippen molar-refractivity contribution in [1.29, 1.82) is 0 Å². The van der Waals surface area contributed by atoms with Crippen LogP contribution < -0.4 is 0 Å². The molecule has 0 saturated carbocycles. The molecule has 0 N–H and O–H groups in total. The van der Waals surface area contributed by atoms with Crippen molar-refractivity contribution in [2.75, 3.05) is 7.11 Å². The van der Waals surface area contributed by atoms with Crippen LogP contribution in [0.3, 0.4) is 0 Å². The number of esters is 1. The molecule has 0 radical (unpaired) electrons. The van der Waals surface area contributed by atoms with Crippen LogP contribution in [-0.2, 0) is 14.3 Å². The predicted molar refractivity (Wildman–Crippen MR) is 72.4 cm³/mol. The van der Waals surface area contributed by atoms with Gasteiger partial charge in [0.05, 0.1) is 12.8 Å². The normalized spacial score (nSPS) is 10.8. The molecule has 0 aliphatic carbocycles. The zero-order valence-corrected chi connectivity index (χ0v) is 10.5. The highest BCUT2D eigenvalue weighted by Crippen LogP contribution is 2.14. The number of hydrogen-bond acceptors (Lipinski definition) is 4. The van der Waals surface area contributed by atoms with Crippen LogP contribution in [0.1, 0.15) is 12.1 Å². The minimum absolute atomic E-state index is 0.249. The average Bonchev–Trinajstić information content (AvgIpc) is 2.44. The Morgan fingerprint density at radius 1 is 1.26 bits per heavy atom. The van der Waals surface area contributed by atoms with Crippen LogP contribution in [0.25, 0.3) is 16.8 Å². The third kappa shape index (κ3) is 3.48. The first-order valence-electron chi connectivity index (χ1n) is 5.81. The first-order valence-corrected chi connectivity index (χ1v) is 5.81. The average molecular weight is 255 g/mol. The summed E-state index contributed by atoms with van der Waals surface area (Å²) in [4.78, 5) is 26.6. The number of benzene rings is 1. The molecule has 0 unspecified atom stereocenters. The number of pyridine rings is 1. The maximum atomic E-state index is 11.4. The van der Waals surface area contributed by atoms with E-state index in [9.17, 15) is 9.59 Å². The van der Waals surface area contributed by atoms with E-state index in [4.69, 9.17) is 0 Å². The Morgan fingerprint density at radius 3 is 2.74 bits per heavy atom. The van der Waals surface area contributed by atoms with Crippen molar-refractivity contribution >= 4 is 28.6 Å². The van der Waals surface area contributed by atoms with E-state index in [-0.39, 0.29) is 12.2 Å². The largest absolute Gasteiger partial charge is 0.469 e. The van der Waals surface area contributed by atoms with E-state index in [0.29, 0.717) is 5.69 Å². The molecule has 96 valence electrons. The number of aromatic nitrogens is 1. The topological polar surface area (TPSA) is 56.3 Å². The maximum Gasteiger partial charge on any atom is 0.313 e. The quantitative estimate of drug-likeness (QED) is 0.478. The Bertz CT molecular complexity index is 647. The van der Waals surface area contributed by atoms with Gasteiger partial charge in [0.25, 0.3) is 0 Å². The molecule has 0 bridgehead atoms. The molecule has 1 aromatic heterocycles. The molecule has 19 heavy (non-hydrogen) atoms. The summed E-state index contributed by atoms with van der Waals surface area (Å²) in [6.45, 7) is 0. The Labute approximate surface area is 110 Å². The van der Waals surface area contributed by atoms with Gasteiger partial charge in [-0.2, -0.15) is 0 Å². The molecule has 0 amide bonds. The smallest absolute Gasteiger partial charge is 0.313 e. The zero-order valence-electron chi connectivity index (χ0n) is 10.5. The van der Waals surface area contributed by atoms with E-state index < -0.39 is 5.97 Å². The zero-order chi connectivity index (χ0) is 13.7. The van der Waals surface area contributed by atoms with Gasteiger partial charge >= 0.3 is 5.97 Å². The summed E-state index contributed by atoms with van der Waals surface area (Å²) in [5.41, 5.74) is 0.678. The summed E-state index contributed by atoms with van der Waals surface area (Å²) in [6.07, 6.45) is 4.44. The second kappa shape index (κ2) is 5.91. The lowest BCUT2D eigenvalue weighted by molar-refractivity contribution is -0.142. The van der Waals surface area contributed by atoms with Crippen molar-refractivity contribution in [3.63, 3.8) is 0 Å². The number of fused-ring (bicyclic) bond motifs is 1. The Hall–Kier alpha value is -2.49. The van der Waals surface area contributed by atoms with Crippen molar-refractivity contribution in [3.8, 4) is 0 Å². The highest BCUT2D eigenvalue weighted by atomic mass is 16.5. The SMILES string of the molecule is COC(=O)CC(=O)C=Cc1cc2ccccc2cn1. The minimum atomic E-state index is -0.541. The number of allylic oxidation sites excluding steroid dienone is 1. The number of hydrogen-bond donors (Lipinski definition) is 0. The number of carbonyl (C=O) groups excluding carboxylic acids is 2. The lowest BCUT2D eigenvalue weighted by Crippen LogP contribution is -2.06. The van der Waals surface area contributed by atoms with E-state index in [0.717, 1.165) is 10.8 Å². The van der Waals surface area contributed by atoms with Gasteiger partial charge in [-0.3, -0.25) is 14.6 Å². The van der Waals surface area contributed by atoms with Gasteiger partial charge in [-0.15, -0.1) is 0 Å². The number of ketones is 1. The van der Waals surface area contributed by atoms with Crippen LogP contribution in [0.4, 0.5) is 0 Å². The molecule has 0 aliphatic rings. The van der Waals surface area contributed by atoms with Gasteiger partial charge in [-0.1, -0.05) is 24.3 Å². The molecule has 2 rings (SSSR count). The number of methoxy groups -OCH3 is 1. The monoisotopic (exact) mass is 255 g/mol. The van der Waals surface area contributed by atoms with E-state index in [1.807, 2.05) is 30.3 Å². The molecule has 1 heterocycles. The number of rotatable bonds is 4. The summed E-state index contributed by atoms with van der Waals surface area (Å²) in [7, 11) is 1.25. The Kier molecular flexibility index (Phi) is 4.03. The van der Waals surface area contributed by atoms with Crippen molar-refractivity contribution in [2.45, 2.75) is 6.42 Å². The summed E-state index contributed by atoms with van der Waals surface area (Å²) in [5, 5.41) is 2.10. The van der Waals surface area contributed by atoms with Crippen molar-refractivity contribution in [2.24, 2.45) is 0 Å². The molecule has 0 fully saturated rings. The first kappa shape index (κ1) is 13.0. The van der Waals surface area contributed by atoms with Crippen LogP contribution in [-0.4, -0.2) is 23.8 Å². The van der Waals surface area contributed by atoms with Gasteiger partial charge in [0.2, 0.25) is 0 Å². The summed E-state index contributed by atoms with van der Waals surface area (Å²) < 4.78 is 4.42. The van der Waals surface area contributed by atoms with Crippen LogP contribution >= 0.6 is 0 Å². The molecule has 0 aliphatic heterocycles. The van der Waals surface area contributed by atoms with Crippen molar-refractivity contribution in [3.05, 3.63) is 48.3 Å². The molecule has 0 atom stereocenters. The summed E-state index contributed by atoms with van der Waals surface area (Å²) >= 11 is 0.